The highest BCUT2D eigenvalue weighted by Crippen LogP contribution is 2.31. The van der Waals surface area contributed by atoms with Crippen LogP contribution in [-0.4, -0.2) is 17.6 Å². The molecule has 2 aromatic carbocycles. The van der Waals surface area contributed by atoms with Crippen molar-refractivity contribution in [3.8, 4) is 0 Å². The van der Waals surface area contributed by atoms with Gasteiger partial charge >= 0.3 is 5.97 Å². The van der Waals surface area contributed by atoms with E-state index in [4.69, 9.17) is 28.3 Å². The highest BCUT2D eigenvalue weighted by atomic mass is 35.5. The maximum atomic E-state index is 11.1. The number of aromatic carboxylic acids is 1. The van der Waals surface area contributed by atoms with Crippen molar-refractivity contribution in [2.24, 2.45) is 0 Å². The van der Waals surface area contributed by atoms with Gasteiger partial charge in [0.05, 0.1) is 15.6 Å². The highest BCUT2D eigenvalue weighted by molar-refractivity contribution is 6.42. The smallest absolute Gasteiger partial charge is 0.335 e. The molecule has 1 aliphatic heterocycles. The van der Waals surface area contributed by atoms with E-state index in [1.807, 2.05) is 18.2 Å². The minimum absolute atomic E-state index is 0.315. The van der Waals surface area contributed by atoms with Crippen LogP contribution in [0.5, 0.6) is 0 Å². The number of benzene rings is 2. The summed E-state index contributed by atoms with van der Waals surface area (Å²) >= 11 is 12.0. The summed E-state index contributed by atoms with van der Waals surface area (Å²) in [4.78, 5) is 13.3. The lowest BCUT2D eigenvalue weighted by molar-refractivity contribution is 0.0697. The van der Waals surface area contributed by atoms with Gasteiger partial charge in [0.25, 0.3) is 0 Å². The molecule has 5 heteroatoms. The zero-order chi connectivity index (χ0) is 15.0. The summed E-state index contributed by atoms with van der Waals surface area (Å²) in [5.41, 5.74) is 3.54. The second-order valence-electron chi connectivity index (χ2n) is 5.07. The number of carboxylic acids is 1. The van der Waals surface area contributed by atoms with Crippen LogP contribution in [0, 0.1) is 0 Å². The molecular weight excluding hydrogens is 309 g/mol. The summed E-state index contributed by atoms with van der Waals surface area (Å²) < 4.78 is 0. The van der Waals surface area contributed by atoms with Gasteiger partial charge in [0, 0.05) is 18.8 Å². The molecule has 21 heavy (non-hydrogen) atoms. The lowest BCUT2D eigenvalue weighted by Gasteiger charge is -2.20. The SMILES string of the molecule is O=C(O)c1ccc2c(c1)N(Cc1ccc(Cl)c(Cl)c1)CC2. The number of hydrogen-bond acceptors (Lipinski definition) is 2. The third kappa shape index (κ3) is 2.85. The first-order chi connectivity index (χ1) is 10.0. The Labute approximate surface area is 132 Å². The molecule has 0 aliphatic carbocycles. The molecule has 0 unspecified atom stereocenters. The number of rotatable bonds is 3. The summed E-state index contributed by atoms with van der Waals surface area (Å²) in [6.45, 7) is 1.56. The highest BCUT2D eigenvalue weighted by Gasteiger charge is 2.20. The van der Waals surface area contributed by atoms with Crippen LogP contribution in [0.25, 0.3) is 0 Å². The molecule has 0 spiro atoms. The number of hydrogen-bond donors (Lipinski definition) is 1. The summed E-state index contributed by atoms with van der Waals surface area (Å²) in [7, 11) is 0. The molecule has 0 bridgehead atoms. The van der Waals surface area contributed by atoms with Crippen LogP contribution in [-0.2, 0) is 13.0 Å². The summed E-state index contributed by atoms with van der Waals surface area (Å²) in [5, 5.41) is 10.2. The van der Waals surface area contributed by atoms with Crippen molar-refractivity contribution in [3.05, 3.63) is 63.1 Å². The predicted molar refractivity (Wildman–Crippen MR) is 84.6 cm³/mol. The van der Waals surface area contributed by atoms with Crippen LogP contribution in [0.1, 0.15) is 21.5 Å². The molecule has 2 aromatic rings. The third-order valence-corrected chi connectivity index (χ3v) is 4.42. The number of anilines is 1. The Bertz CT molecular complexity index is 715. The van der Waals surface area contributed by atoms with E-state index >= 15 is 0 Å². The lowest BCUT2D eigenvalue weighted by Crippen LogP contribution is -2.19. The molecule has 3 nitrogen and oxygen atoms in total. The lowest BCUT2D eigenvalue weighted by atomic mass is 10.1. The van der Waals surface area contributed by atoms with E-state index < -0.39 is 5.97 Å². The van der Waals surface area contributed by atoms with Crippen LogP contribution in [0.15, 0.2) is 36.4 Å². The van der Waals surface area contributed by atoms with Crippen LogP contribution in [0.2, 0.25) is 10.0 Å². The number of nitrogens with zero attached hydrogens (tertiary/aromatic N) is 1. The molecule has 1 N–H and O–H groups in total. The monoisotopic (exact) mass is 321 g/mol. The fourth-order valence-corrected chi connectivity index (χ4v) is 2.92. The fourth-order valence-electron chi connectivity index (χ4n) is 2.60. The second-order valence-corrected chi connectivity index (χ2v) is 5.88. The zero-order valence-electron chi connectivity index (χ0n) is 11.1. The molecular formula is C16H13Cl2NO2. The molecule has 1 aliphatic rings. The predicted octanol–water partition coefficient (Wildman–Crippen LogP) is 4.25. The van der Waals surface area contributed by atoms with E-state index in [0.29, 0.717) is 22.2 Å². The van der Waals surface area contributed by atoms with Gasteiger partial charge in [-0.05, 0) is 41.8 Å². The Kier molecular flexibility index (Phi) is 3.79. The van der Waals surface area contributed by atoms with Gasteiger partial charge in [-0.15, -0.1) is 0 Å². The number of carbonyl (C=O) groups is 1. The standard InChI is InChI=1S/C16H13Cl2NO2/c17-13-4-1-10(7-14(13)18)9-19-6-5-11-2-3-12(16(20)21)8-15(11)19/h1-4,7-8H,5-6,9H2,(H,20,21). The normalized spacial score (nSPS) is 13.3. The van der Waals surface area contributed by atoms with E-state index in [1.54, 1.807) is 18.2 Å². The first-order valence-electron chi connectivity index (χ1n) is 6.59. The zero-order valence-corrected chi connectivity index (χ0v) is 12.7. The maximum absolute atomic E-state index is 11.1. The van der Waals surface area contributed by atoms with Gasteiger partial charge in [-0.1, -0.05) is 35.3 Å². The Morgan fingerprint density at radius 1 is 1.14 bits per heavy atom. The Balaban J connectivity index is 1.88. The Morgan fingerprint density at radius 3 is 2.67 bits per heavy atom. The number of halogens is 2. The number of carboxylic acid groups (broad SMARTS) is 1. The van der Waals surface area contributed by atoms with Gasteiger partial charge in [0.1, 0.15) is 0 Å². The fraction of sp³-hybridized carbons (Fsp3) is 0.188. The molecule has 0 saturated carbocycles. The molecule has 0 radical (unpaired) electrons. The van der Waals surface area contributed by atoms with Crippen molar-refractivity contribution in [1.29, 1.82) is 0 Å². The van der Waals surface area contributed by atoms with Gasteiger partial charge < -0.3 is 10.0 Å². The topological polar surface area (TPSA) is 40.5 Å². The van der Waals surface area contributed by atoms with E-state index in [-0.39, 0.29) is 0 Å². The maximum Gasteiger partial charge on any atom is 0.335 e. The van der Waals surface area contributed by atoms with Crippen molar-refractivity contribution in [3.63, 3.8) is 0 Å². The van der Waals surface area contributed by atoms with Crippen molar-refractivity contribution in [2.45, 2.75) is 13.0 Å². The van der Waals surface area contributed by atoms with Gasteiger partial charge in [0.15, 0.2) is 0 Å². The largest absolute Gasteiger partial charge is 0.478 e. The first-order valence-corrected chi connectivity index (χ1v) is 7.35. The average Bonchev–Trinajstić information content (AvgIpc) is 2.85. The molecule has 0 aromatic heterocycles. The van der Waals surface area contributed by atoms with Gasteiger partial charge in [-0.2, -0.15) is 0 Å². The molecule has 108 valence electrons. The second kappa shape index (κ2) is 5.58. The molecule has 3 rings (SSSR count). The Hall–Kier alpha value is -1.71. The van der Waals surface area contributed by atoms with Crippen molar-refractivity contribution in [1.82, 2.24) is 0 Å². The molecule has 0 atom stereocenters. The van der Waals surface area contributed by atoms with E-state index in [0.717, 1.165) is 24.2 Å². The third-order valence-electron chi connectivity index (χ3n) is 3.68. The van der Waals surface area contributed by atoms with Gasteiger partial charge in [-0.3, -0.25) is 0 Å². The molecule has 0 amide bonds. The van der Waals surface area contributed by atoms with Crippen molar-refractivity contribution < 1.29 is 9.90 Å². The van der Waals surface area contributed by atoms with Gasteiger partial charge in [0.2, 0.25) is 0 Å². The Morgan fingerprint density at radius 2 is 1.95 bits per heavy atom. The van der Waals surface area contributed by atoms with Crippen LogP contribution < -0.4 is 4.90 Å². The van der Waals surface area contributed by atoms with E-state index in [1.165, 1.54) is 5.56 Å². The minimum atomic E-state index is -0.904. The minimum Gasteiger partial charge on any atom is -0.478 e. The van der Waals surface area contributed by atoms with E-state index in [9.17, 15) is 4.79 Å². The van der Waals surface area contributed by atoms with Crippen LogP contribution in [0.4, 0.5) is 5.69 Å². The van der Waals surface area contributed by atoms with E-state index in [2.05, 4.69) is 4.90 Å². The van der Waals surface area contributed by atoms with Crippen LogP contribution >= 0.6 is 23.2 Å². The summed E-state index contributed by atoms with van der Waals surface area (Å²) in [6, 6.07) is 10.9. The summed E-state index contributed by atoms with van der Waals surface area (Å²) in [5.74, 6) is -0.904. The van der Waals surface area contributed by atoms with Gasteiger partial charge in [-0.25, -0.2) is 4.79 Å². The first kappa shape index (κ1) is 14.2. The number of fused-ring (bicyclic) bond motifs is 1. The van der Waals surface area contributed by atoms with Crippen molar-refractivity contribution >= 4 is 34.9 Å². The average molecular weight is 322 g/mol. The quantitative estimate of drug-likeness (QED) is 0.918. The van der Waals surface area contributed by atoms with Crippen LogP contribution in [0.3, 0.4) is 0 Å². The summed E-state index contributed by atoms with van der Waals surface area (Å²) in [6.07, 6.45) is 0.927. The molecule has 0 fully saturated rings. The molecule has 1 heterocycles. The molecule has 0 saturated heterocycles. The van der Waals surface area contributed by atoms with Crippen molar-refractivity contribution in [2.75, 3.05) is 11.4 Å².